The highest BCUT2D eigenvalue weighted by atomic mass is 32.1. The van der Waals surface area contributed by atoms with Crippen molar-refractivity contribution in [2.45, 2.75) is 0 Å². The van der Waals surface area contributed by atoms with Crippen molar-refractivity contribution in [3.05, 3.63) is 146 Å². The summed E-state index contributed by atoms with van der Waals surface area (Å²) in [6, 6.07) is 46.8. The first-order valence-electron chi connectivity index (χ1n) is 15.3. The Labute approximate surface area is 274 Å². The normalized spacial score (nSPS) is 11.4. The topological polar surface area (TPSA) is 77.3 Å². The zero-order valence-corrected chi connectivity index (χ0v) is 25.8. The van der Waals surface area contributed by atoms with Crippen molar-refractivity contribution >= 4 is 42.5 Å². The van der Waals surface area contributed by atoms with Gasteiger partial charge >= 0.3 is 0 Å². The highest BCUT2D eigenvalue weighted by Gasteiger charge is 2.18. The summed E-state index contributed by atoms with van der Waals surface area (Å²) < 4.78 is 2.39. The minimum Gasteiger partial charge on any atom is -0.253 e. The molecule has 0 bridgehead atoms. The van der Waals surface area contributed by atoms with E-state index >= 15 is 0 Å². The molecular formula is C40H24N6S. The van der Waals surface area contributed by atoms with Crippen molar-refractivity contribution in [2.24, 2.45) is 0 Å². The second-order valence-electron chi connectivity index (χ2n) is 11.2. The molecule has 6 nitrogen and oxygen atoms in total. The standard InChI is InChI=1S/C40H24N6S/c1-3-11-26(12-4-1)38-44-39(27-13-5-2-6-14-27)46-40(45-38)28-21-19-25(20-22-28)36-37(43-32-17-9-8-16-31(32)42-36)33-23-30-29-15-7-10-18-34(29)47-35(30)24-41-33/h1-24H. The van der Waals surface area contributed by atoms with Crippen LogP contribution in [0.25, 0.3) is 88.0 Å². The number of para-hydroxylation sites is 2. The summed E-state index contributed by atoms with van der Waals surface area (Å²) in [6.07, 6.45) is 1.95. The molecule has 0 radical (unpaired) electrons. The molecule has 0 amide bonds. The molecule has 9 rings (SSSR count). The van der Waals surface area contributed by atoms with Crippen LogP contribution in [0.2, 0.25) is 0 Å². The summed E-state index contributed by atoms with van der Waals surface area (Å²) in [5.41, 5.74) is 7.63. The number of hydrogen-bond donors (Lipinski definition) is 0. The quantitative estimate of drug-likeness (QED) is 0.191. The van der Waals surface area contributed by atoms with Crippen molar-refractivity contribution in [3.8, 4) is 56.8 Å². The van der Waals surface area contributed by atoms with Crippen molar-refractivity contribution in [1.29, 1.82) is 0 Å². The third-order valence-corrected chi connectivity index (χ3v) is 9.31. The predicted molar refractivity (Wildman–Crippen MR) is 191 cm³/mol. The van der Waals surface area contributed by atoms with E-state index in [-0.39, 0.29) is 0 Å². The Morgan fingerprint density at radius 1 is 0.383 bits per heavy atom. The van der Waals surface area contributed by atoms with Crippen LogP contribution in [-0.2, 0) is 0 Å². The van der Waals surface area contributed by atoms with Gasteiger partial charge in [-0.25, -0.2) is 24.9 Å². The molecule has 0 aliphatic heterocycles. The van der Waals surface area contributed by atoms with Crippen LogP contribution in [0.3, 0.4) is 0 Å². The van der Waals surface area contributed by atoms with Crippen LogP contribution in [0.15, 0.2) is 146 Å². The van der Waals surface area contributed by atoms with Crippen LogP contribution in [-0.4, -0.2) is 29.9 Å². The lowest BCUT2D eigenvalue weighted by Gasteiger charge is -2.11. The highest BCUT2D eigenvalue weighted by molar-refractivity contribution is 7.25. The fraction of sp³-hybridized carbons (Fsp3) is 0. The molecule has 0 aliphatic carbocycles. The van der Waals surface area contributed by atoms with Crippen LogP contribution < -0.4 is 0 Å². The largest absolute Gasteiger partial charge is 0.253 e. The van der Waals surface area contributed by atoms with E-state index in [1.165, 1.54) is 15.5 Å². The first kappa shape index (κ1) is 27.2. The third-order valence-electron chi connectivity index (χ3n) is 8.19. The van der Waals surface area contributed by atoms with Gasteiger partial charge in [-0.2, -0.15) is 0 Å². The van der Waals surface area contributed by atoms with Gasteiger partial charge in [-0.1, -0.05) is 115 Å². The number of thiophene rings is 1. The molecule has 4 aromatic heterocycles. The number of aromatic nitrogens is 6. The Morgan fingerprint density at radius 2 is 0.894 bits per heavy atom. The maximum Gasteiger partial charge on any atom is 0.164 e. The Bertz CT molecular complexity index is 2510. The average Bonchev–Trinajstić information content (AvgIpc) is 3.53. The third kappa shape index (κ3) is 4.99. The number of nitrogens with zero attached hydrogens (tertiary/aromatic N) is 6. The fourth-order valence-electron chi connectivity index (χ4n) is 5.86. The van der Waals surface area contributed by atoms with E-state index in [1.807, 2.05) is 103 Å². The van der Waals surface area contributed by atoms with E-state index in [4.69, 9.17) is 29.9 Å². The van der Waals surface area contributed by atoms with E-state index in [2.05, 4.69) is 42.5 Å². The molecule has 0 aliphatic rings. The van der Waals surface area contributed by atoms with Gasteiger partial charge in [-0.05, 0) is 24.3 Å². The minimum atomic E-state index is 0.602. The Kier molecular flexibility index (Phi) is 6.54. The Hall–Kier alpha value is -6.18. The summed E-state index contributed by atoms with van der Waals surface area (Å²) in [5.74, 6) is 1.86. The van der Waals surface area contributed by atoms with Gasteiger partial charge in [-0.3, -0.25) is 4.98 Å². The van der Waals surface area contributed by atoms with Crippen LogP contribution in [0.5, 0.6) is 0 Å². The first-order valence-corrected chi connectivity index (χ1v) is 16.1. The molecule has 5 aromatic carbocycles. The van der Waals surface area contributed by atoms with Crippen molar-refractivity contribution in [1.82, 2.24) is 29.9 Å². The molecule has 0 unspecified atom stereocenters. The van der Waals surface area contributed by atoms with E-state index in [9.17, 15) is 0 Å². The maximum absolute atomic E-state index is 5.12. The van der Waals surface area contributed by atoms with E-state index < -0.39 is 0 Å². The highest BCUT2D eigenvalue weighted by Crippen LogP contribution is 2.37. The lowest BCUT2D eigenvalue weighted by molar-refractivity contribution is 1.07. The van der Waals surface area contributed by atoms with Gasteiger partial charge in [0.15, 0.2) is 17.5 Å². The number of benzene rings is 5. The van der Waals surface area contributed by atoms with Gasteiger partial charge in [0.2, 0.25) is 0 Å². The predicted octanol–water partition coefficient (Wildman–Crippen LogP) is 9.91. The molecule has 0 saturated carbocycles. The van der Waals surface area contributed by atoms with E-state index in [0.29, 0.717) is 17.5 Å². The Morgan fingerprint density at radius 3 is 1.53 bits per heavy atom. The van der Waals surface area contributed by atoms with Gasteiger partial charge in [0, 0.05) is 43.9 Å². The van der Waals surface area contributed by atoms with Crippen LogP contribution >= 0.6 is 11.3 Å². The molecule has 9 aromatic rings. The molecule has 4 heterocycles. The molecule has 0 fully saturated rings. The van der Waals surface area contributed by atoms with Gasteiger partial charge in [0.25, 0.3) is 0 Å². The van der Waals surface area contributed by atoms with Gasteiger partial charge in [-0.15, -0.1) is 11.3 Å². The fourth-order valence-corrected chi connectivity index (χ4v) is 6.91. The minimum absolute atomic E-state index is 0.602. The van der Waals surface area contributed by atoms with Crippen LogP contribution in [0, 0.1) is 0 Å². The second-order valence-corrected chi connectivity index (χ2v) is 12.3. The monoisotopic (exact) mass is 620 g/mol. The number of pyridine rings is 1. The van der Waals surface area contributed by atoms with Crippen LogP contribution in [0.1, 0.15) is 0 Å². The van der Waals surface area contributed by atoms with Crippen LogP contribution in [0.4, 0.5) is 0 Å². The Balaban J connectivity index is 1.17. The lowest BCUT2D eigenvalue weighted by Crippen LogP contribution is -2.00. The smallest absolute Gasteiger partial charge is 0.164 e. The summed E-state index contributed by atoms with van der Waals surface area (Å²) in [7, 11) is 0. The van der Waals surface area contributed by atoms with Gasteiger partial charge in [0.1, 0.15) is 5.69 Å². The molecule has 0 saturated heterocycles. The molecular weight excluding hydrogens is 597 g/mol. The van der Waals surface area contributed by atoms with Gasteiger partial charge < -0.3 is 0 Å². The number of fused-ring (bicyclic) bond motifs is 4. The van der Waals surface area contributed by atoms with Crippen molar-refractivity contribution in [3.63, 3.8) is 0 Å². The van der Waals surface area contributed by atoms with Gasteiger partial charge in [0.05, 0.1) is 27.1 Å². The zero-order valence-electron chi connectivity index (χ0n) is 24.9. The summed E-state index contributed by atoms with van der Waals surface area (Å²) in [6.45, 7) is 0. The molecule has 220 valence electrons. The molecule has 7 heteroatoms. The maximum atomic E-state index is 5.12. The summed E-state index contributed by atoms with van der Waals surface area (Å²) in [5, 5.41) is 2.39. The number of hydrogen-bond acceptors (Lipinski definition) is 7. The summed E-state index contributed by atoms with van der Waals surface area (Å²) >= 11 is 1.75. The average molecular weight is 621 g/mol. The van der Waals surface area contributed by atoms with E-state index in [1.54, 1.807) is 11.3 Å². The van der Waals surface area contributed by atoms with E-state index in [0.717, 1.165) is 55.1 Å². The number of rotatable bonds is 5. The molecule has 47 heavy (non-hydrogen) atoms. The second kappa shape index (κ2) is 11.3. The molecule has 0 atom stereocenters. The zero-order chi connectivity index (χ0) is 31.2. The van der Waals surface area contributed by atoms with Crippen molar-refractivity contribution in [2.75, 3.05) is 0 Å². The molecule has 0 N–H and O–H groups in total. The van der Waals surface area contributed by atoms with Crippen molar-refractivity contribution < 1.29 is 0 Å². The SMILES string of the molecule is c1ccc(-c2nc(-c3ccccc3)nc(-c3ccc(-c4nc5ccccc5nc4-c4cc5c(cn4)sc4ccccc45)cc3)n2)cc1. The summed E-state index contributed by atoms with van der Waals surface area (Å²) in [4.78, 5) is 29.7. The molecule has 0 spiro atoms. The lowest BCUT2D eigenvalue weighted by atomic mass is 10.0. The first-order chi connectivity index (χ1) is 23.3.